The van der Waals surface area contributed by atoms with Gasteiger partial charge in [0.25, 0.3) is 0 Å². The van der Waals surface area contributed by atoms with Crippen LogP contribution >= 0.6 is 22.7 Å². The molecular weight excluding hydrogens is 420 g/mol. The van der Waals surface area contributed by atoms with Gasteiger partial charge in [-0.2, -0.15) is 0 Å². The van der Waals surface area contributed by atoms with E-state index in [9.17, 15) is 9.59 Å². The third-order valence-corrected chi connectivity index (χ3v) is 7.03. The first kappa shape index (κ1) is 19.1. The van der Waals surface area contributed by atoms with Crippen LogP contribution < -0.4 is 14.4 Å². The lowest BCUT2D eigenvalue weighted by Gasteiger charge is -2.25. The lowest BCUT2D eigenvalue weighted by Crippen LogP contribution is -2.36. The third kappa shape index (κ3) is 3.80. The van der Waals surface area contributed by atoms with Gasteiger partial charge < -0.3 is 19.3 Å². The van der Waals surface area contributed by atoms with Gasteiger partial charge in [-0.3, -0.25) is 9.59 Å². The van der Waals surface area contributed by atoms with Crippen LogP contribution in [0.4, 0.5) is 5.69 Å². The highest BCUT2D eigenvalue weighted by atomic mass is 32.1. The molecule has 2 aromatic heterocycles. The van der Waals surface area contributed by atoms with E-state index in [0.29, 0.717) is 31.1 Å². The van der Waals surface area contributed by atoms with Gasteiger partial charge in [0.2, 0.25) is 18.6 Å². The normalized spacial score (nSPS) is 17.5. The van der Waals surface area contributed by atoms with Crippen molar-refractivity contribution in [1.82, 2.24) is 4.90 Å². The Kier molecular flexibility index (Phi) is 5.18. The lowest BCUT2D eigenvalue weighted by molar-refractivity contribution is -0.137. The first-order valence-electron chi connectivity index (χ1n) is 9.71. The van der Waals surface area contributed by atoms with Crippen molar-refractivity contribution in [3.63, 3.8) is 0 Å². The maximum Gasteiger partial charge on any atom is 0.231 e. The summed E-state index contributed by atoms with van der Waals surface area (Å²) < 4.78 is 10.8. The number of carbonyl (C=O) groups is 2. The van der Waals surface area contributed by atoms with Gasteiger partial charge in [-0.25, -0.2) is 0 Å². The fraction of sp³-hybridized carbons (Fsp3) is 0.273. The minimum Gasteiger partial charge on any atom is -0.454 e. The molecule has 154 valence electrons. The number of benzene rings is 1. The molecule has 2 aliphatic heterocycles. The van der Waals surface area contributed by atoms with Crippen molar-refractivity contribution in [1.29, 1.82) is 0 Å². The standard InChI is InChI=1S/C22H20N2O4S2/c25-21-9-15(11-24(21)16-5-6-19-20(10-16)28-14-27-19)22(26)23(12-17-3-1-7-29-17)13-18-4-2-8-30-18/h1-8,10,15H,9,11-14H2. The Labute approximate surface area is 182 Å². The zero-order chi connectivity index (χ0) is 20.5. The molecule has 4 heterocycles. The second kappa shape index (κ2) is 8.12. The molecule has 8 heteroatoms. The fourth-order valence-electron chi connectivity index (χ4n) is 3.83. The second-order valence-electron chi connectivity index (χ2n) is 7.30. The van der Waals surface area contributed by atoms with E-state index < -0.39 is 0 Å². The van der Waals surface area contributed by atoms with Gasteiger partial charge in [0, 0.05) is 34.5 Å². The van der Waals surface area contributed by atoms with E-state index in [1.165, 1.54) is 0 Å². The smallest absolute Gasteiger partial charge is 0.231 e. The van der Waals surface area contributed by atoms with Crippen LogP contribution in [0, 0.1) is 5.92 Å². The first-order valence-corrected chi connectivity index (χ1v) is 11.5. The predicted octanol–water partition coefficient (Wildman–Crippen LogP) is 4.12. The molecule has 0 saturated carbocycles. The van der Waals surface area contributed by atoms with Gasteiger partial charge in [-0.1, -0.05) is 12.1 Å². The van der Waals surface area contributed by atoms with Crippen LogP contribution in [0.2, 0.25) is 0 Å². The number of rotatable bonds is 6. The average molecular weight is 441 g/mol. The molecular formula is C22H20N2O4S2. The van der Waals surface area contributed by atoms with E-state index in [2.05, 4.69) is 0 Å². The van der Waals surface area contributed by atoms with Gasteiger partial charge in [-0.05, 0) is 35.0 Å². The number of hydrogen-bond donors (Lipinski definition) is 0. The quantitative estimate of drug-likeness (QED) is 0.579. The highest BCUT2D eigenvalue weighted by Gasteiger charge is 2.38. The topological polar surface area (TPSA) is 59.1 Å². The monoisotopic (exact) mass is 440 g/mol. The van der Waals surface area contributed by atoms with Crippen LogP contribution in [0.15, 0.2) is 53.2 Å². The first-order chi connectivity index (χ1) is 14.7. The predicted molar refractivity (Wildman–Crippen MR) is 116 cm³/mol. The second-order valence-corrected chi connectivity index (χ2v) is 9.36. The molecule has 3 aromatic rings. The molecule has 1 atom stereocenters. The number of anilines is 1. The number of fused-ring (bicyclic) bond motifs is 1. The number of carbonyl (C=O) groups excluding carboxylic acids is 2. The van der Waals surface area contributed by atoms with Gasteiger partial charge in [0.1, 0.15) is 0 Å². The Morgan fingerprint density at radius 1 is 1.03 bits per heavy atom. The molecule has 2 amide bonds. The maximum absolute atomic E-state index is 13.4. The van der Waals surface area contributed by atoms with Gasteiger partial charge in [0.05, 0.1) is 19.0 Å². The zero-order valence-electron chi connectivity index (χ0n) is 16.2. The Hall–Kier alpha value is -2.84. The van der Waals surface area contributed by atoms with Crippen molar-refractivity contribution in [2.45, 2.75) is 19.5 Å². The Bertz CT molecular complexity index is 1010. The van der Waals surface area contributed by atoms with Crippen LogP contribution in [0.3, 0.4) is 0 Å². The molecule has 0 spiro atoms. The van der Waals surface area contributed by atoms with Crippen molar-refractivity contribution in [3.05, 3.63) is 63.0 Å². The summed E-state index contributed by atoms with van der Waals surface area (Å²) in [6.07, 6.45) is 0.221. The molecule has 0 radical (unpaired) electrons. The van der Waals surface area contributed by atoms with E-state index in [1.54, 1.807) is 33.6 Å². The number of thiophene rings is 2. The van der Waals surface area contributed by atoms with Gasteiger partial charge in [0.15, 0.2) is 11.5 Å². The molecule has 30 heavy (non-hydrogen) atoms. The highest BCUT2D eigenvalue weighted by molar-refractivity contribution is 7.10. The Morgan fingerprint density at radius 2 is 1.73 bits per heavy atom. The highest BCUT2D eigenvalue weighted by Crippen LogP contribution is 2.37. The Morgan fingerprint density at radius 3 is 2.40 bits per heavy atom. The van der Waals surface area contributed by atoms with Crippen molar-refractivity contribution in [3.8, 4) is 11.5 Å². The number of ether oxygens (including phenoxy) is 2. The molecule has 1 unspecified atom stereocenters. The van der Waals surface area contributed by atoms with Crippen LogP contribution in [-0.2, 0) is 22.7 Å². The summed E-state index contributed by atoms with van der Waals surface area (Å²) >= 11 is 3.28. The largest absolute Gasteiger partial charge is 0.454 e. The number of hydrogen-bond acceptors (Lipinski definition) is 6. The van der Waals surface area contributed by atoms with E-state index in [4.69, 9.17) is 9.47 Å². The number of nitrogens with zero attached hydrogens (tertiary/aromatic N) is 2. The maximum atomic E-state index is 13.4. The summed E-state index contributed by atoms with van der Waals surface area (Å²) in [6.45, 7) is 1.68. The minimum absolute atomic E-state index is 0.0217. The molecule has 1 aromatic carbocycles. The molecule has 0 aliphatic carbocycles. The molecule has 2 aliphatic rings. The SMILES string of the molecule is O=C(C1CC(=O)N(c2ccc3c(c2)OCO3)C1)N(Cc1cccs1)Cc1cccs1. The molecule has 0 bridgehead atoms. The van der Waals surface area contributed by atoms with Gasteiger partial charge in [-0.15, -0.1) is 22.7 Å². The lowest BCUT2D eigenvalue weighted by atomic mass is 10.1. The van der Waals surface area contributed by atoms with Crippen molar-refractivity contribution in [2.24, 2.45) is 5.92 Å². The molecule has 0 N–H and O–H groups in total. The summed E-state index contributed by atoms with van der Waals surface area (Å²) in [5.41, 5.74) is 0.739. The van der Waals surface area contributed by atoms with Crippen molar-refractivity contribution >= 4 is 40.2 Å². The molecule has 6 nitrogen and oxygen atoms in total. The van der Waals surface area contributed by atoms with Crippen LogP contribution in [0.1, 0.15) is 16.2 Å². The minimum atomic E-state index is -0.358. The van der Waals surface area contributed by atoms with E-state index in [-0.39, 0.29) is 30.9 Å². The fourth-order valence-corrected chi connectivity index (χ4v) is 5.27. The molecule has 1 fully saturated rings. The van der Waals surface area contributed by atoms with Crippen LogP contribution in [0.25, 0.3) is 0 Å². The van der Waals surface area contributed by atoms with E-state index in [0.717, 1.165) is 15.4 Å². The summed E-state index contributed by atoms with van der Waals surface area (Å²) in [5, 5.41) is 4.03. The summed E-state index contributed by atoms with van der Waals surface area (Å²) in [7, 11) is 0. The van der Waals surface area contributed by atoms with Crippen molar-refractivity contribution in [2.75, 3.05) is 18.2 Å². The average Bonchev–Trinajstić information content (AvgIpc) is 3.54. The molecule has 1 saturated heterocycles. The van der Waals surface area contributed by atoms with E-state index >= 15 is 0 Å². The van der Waals surface area contributed by atoms with Gasteiger partial charge >= 0.3 is 0 Å². The number of amides is 2. The zero-order valence-corrected chi connectivity index (χ0v) is 17.8. The summed E-state index contributed by atoms with van der Waals surface area (Å²) in [5.74, 6) is 0.929. The Balaban J connectivity index is 1.34. The van der Waals surface area contributed by atoms with Crippen LogP contribution in [-0.4, -0.2) is 30.1 Å². The summed E-state index contributed by atoms with van der Waals surface area (Å²) in [6, 6.07) is 13.5. The third-order valence-electron chi connectivity index (χ3n) is 5.31. The molecule has 5 rings (SSSR count). The summed E-state index contributed by atoms with van der Waals surface area (Å²) in [4.78, 5) is 32.0. The van der Waals surface area contributed by atoms with Crippen molar-refractivity contribution < 1.29 is 19.1 Å². The van der Waals surface area contributed by atoms with E-state index in [1.807, 2.05) is 52.1 Å². The van der Waals surface area contributed by atoms with Crippen LogP contribution in [0.5, 0.6) is 11.5 Å².